The van der Waals surface area contributed by atoms with E-state index in [4.69, 9.17) is 33.0 Å². The molecule has 0 bridgehead atoms. The molecule has 2 heterocycles. The van der Waals surface area contributed by atoms with Gasteiger partial charge in [-0.15, -0.1) is 0 Å². The zero-order chi connectivity index (χ0) is 39.3. The van der Waals surface area contributed by atoms with Crippen molar-refractivity contribution in [2.24, 2.45) is 0 Å². The average Bonchev–Trinajstić information content (AvgIpc) is 3.17. The SMILES string of the molecule is CCOS(=O)COc1ccc(S(=O)(=O)C2(C(=O)NO)CCN(C)CC2)cc1.CCOS(=O)COc1ccc(S(=O)(=O)C2(C(=O)NO)CCOCC2)cc1. The molecule has 0 aromatic heterocycles. The molecule has 2 aromatic rings. The predicted molar refractivity (Wildman–Crippen MR) is 190 cm³/mol. The van der Waals surface area contributed by atoms with Crippen LogP contribution in [0.2, 0.25) is 0 Å². The van der Waals surface area contributed by atoms with Crippen LogP contribution in [0.15, 0.2) is 58.3 Å². The first-order chi connectivity index (χ1) is 25.1. The van der Waals surface area contributed by atoms with Gasteiger partial charge in [0.15, 0.2) is 63.2 Å². The Morgan fingerprint density at radius 3 is 1.42 bits per heavy atom. The van der Waals surface area contributed by atoms with E-state index in [0.717, 1.165) is 0 Å². The quantitative estimate of drug-likeness (QED) is 0.136. The van der Waals surface area contributed by atoms with Crippen LogP contribution in [-0.2, 0) is 64.5 Å². The molecule has 298 valence electrons. The van der Waals surface area contributed by atoms with E-state index in [-0.39, 0.29) is 73.8 Å². The van der Waals surface area contributed by atoms with E-state index in [9.17, 15) is 34.8 Å². The zero-order valence-electron chi connectivity index (χ0n) is 29.4. The molecule has 2 aliphatic rings. The average molecular weight is 828 g/mol. The van der Waals surface area contributed by atoms with Crippen molar-refractivity contribution < 1.29 is 67.8 Å². The van der Waals surface area contributed by atoms with Crippen LogP contribution in [0.3, 0.4) is 0 Å². The van der Waals surface area contributed by atoms with Gasteiger partial charge in [-0.05, 0) is 108 Å². The maximum Gasteiger partial charge on any atom is 0.265 e. The molecule has 0 aliphatic carbocycles. The van der Waals surface area contributed by atoms with Gasteiger partial charge in [-0.1, -0.05) is 0 Å². The van der Waals surface area contributed by atoms with Crippen LogP contribution in [0.25, 0.3) is 0 Å². The summed E-state index contributed by atoms with van der Waals surface area (Å²) in [5.41, 5.74) is 2.97. The van der Waals surface area contributed by atoms with Crippen LogP contribution in [-0.4, -0.2) is 120 Å². The number of sulfone groups is 2. The van der Waals surface area contributed by atoms with Crippen LogP contribution in [0.4, 0.5) is 0 Å². The number of hydrogen-bond donors (Lipinski definition) is 4. The number of nitrogens with zero attached hydrogens (tertiary/aromatic N) is 1. The molecule has 0 saturated carbocycles. The summed E-state index contributed by atoms with van der Waals surface area (Å²) in [6.07, 6.45) is 0.0221. The van der Waals surface area contributed by atoms with Gasteiger partial charge in [0.1, 0.15) is 11.5 Å². The minimum absolute atomic E-state index is 0.0473. The van der Waals surface area contributed by atoms with Gasteiger partial charge in [0, 0.05) is 13.2 Å². The fourth-order valence-electron chi connectivity index (χ4n) is 5.56. The maximum atomic E-state index is 13.2. The number of ether oxygens (including phenoxy) is 3. The van der Waals surface area contributed by atoms with E-state index >= 15 is 0 Å². The molecule has 2 amide bonds. The van der Waals surface area contributed by atoms with Gasteiger partial charge in [-0.3, -0.25) is 28.4 Å². The molecule has 2 atom stereocenters. The first-order valence-electron chi connectivity index (χ1n) is 16.3. The number of amides is 2. The normalized spacial score (nSPS) is 18.4. The lowest BCUT2D eigenvalue weighted by Gasteiger charge is -2.38. The predicted octanol–water partition coefficient (Wildman–Crippen LogP) is 1.02. The van der Waals surface area contributed by atoms with Gasteiger partial charge < -0.3 is 19.1 Å². The molecule has 0 radical (unpaired) electrons. The van der Waals surface area contributed by atoms with E-state index in [1.54, 1.807) is 13.8 Å². The van der Waals surface area contributed by atoms with E-state index in [2.05, 4.69) is 0 Å². The Morgan fingerprint density at radius 1 is 0.717 bits per heavy atom. The van der Waals surface area contributed by atoms with Crippen LogP contribution >= 0.6 is 0 Å². The van der Waals surface area contributed by atoms with E-state index in [1.807, 2.05) is 11.9 Å². The second kappa shape index (κ2) is 20.0. The highest BCUT2D eigenvalue weighted by Gasteiger charge is 2.53. The number of hydroxylamine groups is 2. The first kappa shape index (κ1) is 44.3. The van der Waals surface area contributed by atoms with Crippen molar-refractivity contribution in [3.8, 4) is 11.5 Å². The summed E-state index contributed by atoms with van der Waals surface area (Å²) in [6, 6.07) is 10.9. The summed E-state index contributed by atoms with van der Waals surface area (Å²) in [5, 5.41) is 18.1. The van der Waals surface area contributed by atoms with Crippen molar-refractivity contribution in [3.63, 3.8) is 0 Å². The Labute approximate surface area is 313 Å². The monoisotopic (exact) mass is 827 g/mol. The standard InChI is InChI=1S/C16H24N2O7S2.C15H21NO8S2/c1-3-25-26(21)12-24-13-4-6-14(7-5-13)27(22,23)16(15(19)17-20)8-10-18(2)11-9-16;1-2-24-25(19)11-23-12-3-5-13(6-4-12)26(20,21)15(14(17)16-18)7-9-22-10-8-15/h4-7,20H,3,8-12H2,1-2H3,(H,17,19);3-6,18H,2,7-11H2,1H3,(H,16,17). The van der Waals surface area contributed by atoms with Crippen LogP contribution in [0.1, 0.15) is 39.5 Å². The second-order valence-electron chi connectivity index (χ2n) is 11.7. The Balaban J connectivity index is 0.000000286. The van der Waals surface area contributed by atoms with E-state index in [0.29, 0.717) is 24.6 Å². The molecule has 18 nitrogen and oxygen atoms in total. The van der Waals surface area contributed by atoms with Crippen molar-refractivity contribution in [1.82, 2.24) is 15.9 Å². The van der Waals surface area contributed by atoms with Crippen molar-refractivity contribution in [2.75, 3.05) is 58.4 Å². The van der Waals surface area contributed by atoms with Crippen molar-refractivity contribution in [1.29, 1.82) is 0 Å². The number of carbonyl (C=O) groups excluding carboxylic acids is 2. The Hall–Kier alpha value is -3.06. The van der Waals surface area contributed by atoms with Crippen molar-refractivity contribution in [3.05, 3.63) is 48.5 Å². The third-order valence-corrected chi connectivity index (χ3v) is 15.2. The number of likely N-dealkylation sites (tertiary alicyclic amines) is 1. The van der Waals surface area contributed by atoms with E-state index in [1.165, 1.54) is 59.5 Å². The zero-order valence-corrected chi connectivity index (χ0v) is 32.7. The lowest BCUT2D eigenvalue weighted by Crippen LogP contribution is -2.57. The second-order valence-corrected chi connectivity index (χ2v) is 18.4. The van der Waals surface area contributed by atoms with Gasteiger partial charge in [-0.2, -0.15) is 0 Å². The summed E-state index contributed by atoms with van der Waals surface area (Å²) in [6.45, 7) is 5.00. The Morgan fingerprint density at radius 2 is 1.08 bits per heavy atom. The summed E-state index contributed by atoms with van der Waals surface area (Å²) < 4.78 is 97.1. The van der Waals surface area contributed by atoms with Gasteiger partial charge in [0.05, 0.1) is 23.0 Å². The van der Waals surface area contributed by atoms with Crippen LogP contribution < -0.4 is 20.4 Å². The lowest BCUT2D eigenvalue weighted by atomic mass is 9.95. The third kappa shape index (κ3) is 10.6. The highest BCUT2D eigenvalue weighted by atomic mass is 32.2. The Bertz CT molecular complexity index is 1780. The number of hydrogen-bond acceptors (Lipinski definition) is 16. The molecule has 22 heteroatoms. The molecule has 2 aromatic carbocycles. The fourth-order valence-corrected chi connectivity index (χ4v) is 10.6. The first-order valence-corrected chi connectivity index (χ1v) is 21.7. The van der Waals surface area contributed by atoms with E-state index < -0.39 is 63.1 Å². The van der Waals surface area contributed by atoms with Crippen molar-refractivity contribution in [2.45, 2.75) is 58.8 Å². The number of piperidine rings is 1. The van der Waals surface area contributed by atoms with Gasteiger partial charge >= 0.3 is 0 Å². The van der Waals surface area contributed by atoms with Gasteiger partial charge in [-0.25, -0.2) is 36.2 Å². The van der Waals surface area contributed by atoms with Gasteiger partial charge in [0.2, 0.25) is 0 Å². The molecule has 2 unspecified atom stereocenters. The number of nitrogens with one attached hydrogen (secondary N) is 2. The molecule has 0 spiro atoms. The molecule has 4 N–H and O–H groups in total. The largest absolute Gasteiger partial charge is 0.478 e. The number of carbonyl (C=O) groups is 2. The highest BCUT2D eigenvalue weighted by molar-refractivity contribution is 7.94. The molecule has 4 rings (SSSR count). The minimum Gasteiger partial charge on any atom is -0.478 e. The maximum absolute atomic E-state index is 13.2. The topological polar surface area (TPSA) is 250 Å². The molecular formula is C31H45N3O15S4. The Kier molecular flexibility index (Phi) is 16.8. The molecule has 2 aliphatic heterocycles. The van der Waals surface area contributed by atoms with Crippen LogP contribution in [0, 0.1) is 0 Å². The summed E-state index contributed by atoms with van der Waals surface area (Å²) in [5.74, 6) is -1.64. The van der Waals surface area contributed by atoms with Crippen molar-refractivity contribution >= 4 is 53.6 Å². The molecule has 2 fully saturated rings. The van der Waals surface area contributed by atoms with Gasteiger partial charge in [0.25, 0.3) is 11.8 Å². The third-order valence-electron chi connectivity index (χ3n) is 8.57. The molecule has 53 heavy (non-hydrogen) atoms. The minimum atomic E-state index is -4.08. The fraction of sp³-hybridized carbons (Fsp3) is 0.548. The molecular weight excluding hydrogens is 783 g/mol. The lowest BCUT2D eigenvalue weighted by molar-refractivity contribution is -0.134. The number of rotatable bonds is 16. The van der Waals surface area contributed by atoms with Crippen LogP contribution in [0.5, 0.6) is 11.5 Å². The smallest absolute Gasteiger partial charge is 0.265 e. The highest BCUT2D eigenvalue weighted by Crippen LogP contribution is 2.37. The molecule has 2 saturated heterocycles. The summed E-state index contributed by atoms with van der Waals surface area (Å²) in [7, 11) is -6.30. The number of benzene rings is 2. The summed E-state index contributed by atoms with van der Waals surface area (Å²) in [4.78, 5) is 26.2. The summed E-state index contributed by atoms with van der Waals surface area (Å²) >= 11 is -3.19.